The van der Waals surface area contributed by atoms with E-state index in [4.69, 9.17) is 4.74 Å². The summed E-state index contributed by atoms with van der Waals surface area (Å²) in [6.45, 7) is 0.524. The van der Waals surface area contributed by atoms with Crippen LogP contribution in [0.5, 0.6) is 0 Å². The van der Waals surface area contributed by atoms with Gasteiger partial charge in [0.1, 0.15) is 6.61 Å². The molecule has 0 radical (unpaired) electrons. The van der Waals surface area contributed by atoms with Crippen LogP contribution in [0.4, 0.5) is 4.79 Å². The lowest BCUT2D eigenvalue weighted by Crippen LogP contribution is -2.24. The zero-order chi connectivity index (χ0) is 17.0. The Morgan fingerprint density at radius 1 is 1.08 bits per heavy atom. The summed E-state index contributed by atoms with van der Waals surface area (Å²) >= 11 is 0. The lowest BCUT2D eigenvalue weighted by Gasteiger charge is -2.17. The summed E-state index contributed by atoms with van der Waals surface area (Å²) in [5.41, 5.74) is 2.62. The Bertz CT molecular complexity index is 831. The highest BCUT2D eigenvalue weighted by molar-refractivity contribution is 7.91. The number of fused-ring (bicyclic) bond motifs is 1. The summed E-state index contributed by atoms with van der Waals surface area (Å²) in [5, 5.41) is 2.69. The third kappa shape index (κ3) is 3.94. The number of amides is 1. The standard InChI is InChI=1S/C18H19NO4S/c20-18(23-13-14-5-2-1-3-6-14)19-12-15-8-9-17-16(11-15)7-4-10-24(17,21)22/h1-3,5-6,8-9,11H,4,7,10,12-13H2,(H,19,20). The molecule has 0 aromatic heterocycles. The fraction of sp³-hybridized carbons (Fsp3) is 0.278. The second-order valence-corrected chi connectivity index (χ2v) is 7.86. The maximum Gasteiger partial charge on any atom is 0.407 e. The Morgan fingerprint density at radius 3 is 2.67 bits per heavy atom. The van der Waals surface area contributed by atoms with Crippen LogP contribution in [0.2, 0.25) is 0 Å². The van der Waals surface area contributed by atoms with Crippen LogP contribution in [0.3, 0.4) is 0 Å². The van der Waals surface area contributed by atoms with Crippen molar-refractivity contribution >= 4 is 15.9 Å². The fourth-order valence-electron chi connectivity index (χ4n) is 2.75. The van der Waals surface area contributed by atoms with Crippen LogP contribution in [-0.2, 0) is 34.1 Å². The highest BCUT2D eigenvalue weighted by atomic mass is 32.2. The molecule has 1 amide bonds. The van der Waals surface area contributed by atoms with Crippen LogP contribution in [0.1, 0.15) is 23.1 Å². The van der Waals surface area contributed by atoms with Gasteiger partial charge in [0.05, 0.1) is 10.6 Å². The molecule has 24 heavy (non-hydrogen) atoms. The van der Waals surface area contributed by atoms with Crippen molar-refractivity contribution in [2.75, 3.05) is 5.75 Å². The van der Waals surface area contributed by atoms with Crippen molar-refractivity contribution in [3.8, 4) is 0 Å². The lowest BCUT2D eigenvalue weighted by atomic mass is 10.1. The minimum absolute atomic E-state index is 0.212. The minimum atomic E-state index is -3.14. The predicted octanol–water partition coefficient (Wildman–Crippen LogP) is 2.83. The lowest BCUT2D eigenvalue weighted by molar-refractivity contribution is 0.139. The van der Waals surface area contributed by atoms with E-state index < -0.39 is 15.9 Å². The average Bonchev–Trinajstić information content (AvgIpc) is 2.58. The first-order valence-corrected chi connectivity index (χ1v) is 9.49. The number of hydrogen-bond acceptors (Lipinski definition) is 4. The molecule has 5 nitrogen and oxygen atoms in total. The van der Waals surface area contributed by atoms with Crippen LogP contribution >= 0.6 is 0 Å². The second kappa shape index (κ2) is 7.05. The van der Waals surface area contributed by atoms with E-state index in [0.29, 0.717) is 17.9 Å². The van der Waals surface area contributed by atoms with Gasteiger partial charge in [-0.2, -0.15) is 0 Å². The monoisotopic (exact) mass is 345 g/mol. The number of hydrogen-bond donors (Lipinski definition) is 1. The zero-order valence-electron chi connectivity index (χ0n) is 13.2. The summed E-state index contributed by atoms with van der Waals surface area (Å²) in [7, 11) is -3.14. The van der Waals surface area contributed by atoms with Gasteiger partial charge in [0.15, 0.2) is 9.84 Å². The Morgan fingerprint density at radius 2 is 1.88 bits per heavy atom. The third-order valence-corrected chi connectivity index (χ3v) is 5.86. The molecule has 0 atom stereocenters. The molecule has 1 heterocycles. The maximum absolute atomic E-state index is 12.0. The number of nitrogens with one attached hydrogen (secondary N) is 1. The third-order valence-electron chi connectivity index (χ3n) is 3.97. The second-order valence-electron chi connectivity index (χ2n) is 5.78. The molecule has 0 spiro atoms. The Kier molecular flexibility index (Phi) is 4.85. The molecule has 0 unspecified atom stereocenters. The molecule has 1 aliphatic rings. The van der Waals surface area contributed by atoms with Crippen molar-refractivity contribution in [2.45, 2.75) is 30.9 Å². The van der Waals surface area contributed by atoms with Gasteiger partial charge in [-0.3, -0.25) is 0 Å². The number of sulfone groups is 1. The molecule has 0 bridgehead atoms. The summed E-state index contributed by atoms with van der Waals surface area (Å²) in [6, 6.07) is 14.7. The molecule has 0 saturated carbocycles. The van der Waals surface area contributed by atoms with Gasteiger partial charge in [0.2, 0.25) is 0 Å². The molecule has 6 heteroatoms. The molecule has 126 valence electrons. The molecule has 0 saturated heterocycles. The van der Waals surface area contributed by atoms with Crippen molar-refractivity contribution in [2.24, 2.45) is 0 Å². The highest BCUT2D eigenvalue weighted by Crippen LogP contribution is 2.25. The molecule has 1 aliphatic heterocycles. The number of aryl methyl sites for hydroxylation is 1. The van der Waals surface area contributed by atoms with Gasteiger partial charge in [-0.25, -0.2) is 13.2 Å². The number of carbonyl (C=O) groups excluding carboxylic acids is 1. The first kappa shape index (κ1) is 16.5. The van der Waals surface area contributed by atoms with Crippen LogP contribution in [0.25, 0.3) is 0 Å². The molecule has 0 fully saturated rings. The number of alkyl carbamates (subject to hydrolysis) is 1. The highest BCUT2D eigenvalue weighted by Gasteiger charge is 2.23. The number of rotatable bonds is 4. The van der Waals surface area contributed by atoms with Gasteiger partial charge in [0, 0.05) is 6.54 Å². The topological polar surface area (TPSA) is 72.5 Å². The first-order chi connectivity index (χ1) is 11.5. The summed E-state index contributed by atoms with van der Waals surface area (Å²) < 4.78 is 29.1. The molecular weight excluding hydrogens is 326 g/mol. The fourth-order valence-corrected chi connectivity index (χ4v) is 4.33. The van der Waals surface area contributed by atoms with Gasteiger partial charge in [-0.05, 0) is 35.6 Å². The van der Waals surface area contributed by atoms with Gasteiger partial charge >= 0.3 is 6.09 Å². The molecule has 3 rings (SSSR count). The number of carbonyl (C=O) groups is 1. The number of ether oxygens (including phenoxy) is 1. The smallest absolute Gasteiger partial charge is 0.407 e. The van der Waals surface area contributed by atoms with Crippen LogP contribution in [0, 0.1) is 0 Å². The van der Waals surface area contributed by atoms with Crippen LogP contribution in [-0.4, -0.2) is 20.3 Å². The summed E-state index contributed by atoms with van der Waals surface area (Å²) in [4.78, 5) is 12.2. The molecular formula is C18H19NO4S. The van der Waals surface area contributed by atoms with Gasteiger partial charge in [-0.1, -0.05) is 42.5 Å². The van der Waals surface area contributed by atoms with Crippen molar-refractivity contribution in [1.29, 1.82) is 0 Å². The molecule has 1 N–H and O–H groups in total. The summed E-state index contributed by atoms with van der Waals surface area (Å²) in [6.07, 6.45) is 0.899. The Hall–Kier alpha value is -2.34. The number of benzene rings is 2. The largest absolute Gasteiger partial charge is 0.445 e. The van der Waals surface area contributed by atoms with E-state index >= 15 is 0 Å². The SMILES string of the molecule is O=C(NCc1ccc2c(c1)CCCS2(=O)=O)OCc1ccccc1. The molecule has 0 aliphatic carbocycles. The molecule has 2 aromatic carbocycles. The van der Waals surface area contributed by atoms with E-state index in [2.05, 4.69) is 5.32 Å². The van der Waals surface area contributed by atoms with E-state index in [1.54, 1.807) is 12.1 Å². The van der Waals surface area contributed by atoms with Gasteiger partial charge < -0.3 is 10.1 Å². The van der Waals surface area contributed by atoms with Crippen LogP contribution < -0.4 is 5.32 Å². The van der Waals surface area contributed by atoms with Crippen molar-refractivity contribution < 1.29 is 17.9 Å². The van der Waals surface area contributed by atoms with E-state index in [9.17, 15) is 13.2 Å². The van der Waals surface area contributed by atoms with Gasteiger partial charge in [0.25, 0.3) is 0 Å². The van der Waals surface area contributed by atoms with Crippen molar-refractivity contribution in [3.63, 3.8) is 0 Å². The normalized spacial score (nSPS) is 15.3. The molecule has 2 aromatic rings. The van der Waals surface area contributed by atoms with Gasteiger partial charge in [-0.15, -0.1) is 0 Å². The van der Waals surface area contributed by atoms with Crippen molar-refractivity contribution in [1.82, 2.24) is 5.32 Å². The average molecular weight is 345 g/mol. The van der Waals surface area contributed by atoms with E-state index in [-0.39, 0.29) is 12.4 Å². The maximum atomic E-state index is 12.0. The Balaban J connectivity index is 1.56. The predicted molar refractivity (Wildman–Crippen MR) is 90.3 cm³/mol. The summed E-state index contributed by atoms with van der Waals surface area (Å²) in [5.74, 6) is 0.212. The minimum Gasteiger partial charge on any atom is -0.445 e. The van der Waals surface area contributed by atoms with E-state index in [1.165, 1.54) is 0 Å². The quantitative estimate of drug-likeness (QED) is 0.925. The van der Waals surface area contributed by atoms with Crippen LogP contribution in [0.15, 0.2) is 53.4 Å². The zero-order valence-corrected chi connectivity index (χ0v) is 14.0. The first-order valence-electron chi connectivity index (χ1n) is 7.84. The Labute approximate surface area is 141 Å². The van der Waals surface area contributed by atoms with Crippen molar-refractivity contribution in [3.05, 3.63) is 65.2 Å². The van der Waals surface area contributed by atoms with E-state index in [1.807, 2.05) is 36.4 Å². The van der Waals surface area contributed by atoms with E-state index in [0.717, 1.165) is 23.1 Å².